The molecule has 0 radical (unpaired) electrons. The summed E-state index contributed by atoms with van der Waals surface area (Å²) in [6.45, 7) is 16.9. The van der Waals surface area contributed by atoms with Crippen molar-refractivity contribution in [3.8, 4) is 0 Å². The molecule has 4 fully saturated rings. The van der Waals surface area contributed by atoms with E-state index in [0.29, 0.717) is 17.8 Å². The van der Waals surface area contributed by atoms with Crippen molar-refractivity contribution >= 4 is 5.91 Å². The van der Waals surface area contributed by atoms with Crippen LogP contribution in [0.4, 0.5) is 0 Å². The van der Waals surface area contributed by atoms with Crippen molar-refractivity contribution in [3.63, 3.8) is 0 Å². The molecule has 0 heterocycles. The second kappa shape index (κ2) is 7.59. The third-order valence-electron chi connectivity index (χ3n) is 13.6. The Kier molecular flexibility index (Phi) is 5.59. The predicted molar refractivity (Wildman–Crippen MR) is 140 cm³/mol. The maximum absolute atomic E-state index is 13.1. The van der Waals surface area contributed by atoms with Crippen LogP contribution in [0.25, 0.3) is 0 Å². The molecule has 9 atom stereocenters. The normalized spacial score (nSPS) is 52.8. The van der Waals surface area contributed by atoms with Crippen molar-refractivity contribution in [1.29, 1.82) is 0 Å². The van der Waals surface area contributed by atoms with Gasteiger partial charge in [-0.2, -0.15) is 0 Å². The van der Waals surface area contributed by atoms with Crippen molar-refractivity contribution in [3.05, 3.63) is 11.6 Å². The van der Waals surface area contributed by atoms with Gasteiger partial charge in [0, 0.05) is 12.5 Å². The van der Waals surface area contributed by atoms with Crippen molar-refractivity contribution in [2.45, 2.75) is 119 Å². The summed E-state index contributed by atoms with van der Waals surface area (Å²) < 4.78 is 0. The van der Waals surface area contributed by atoms with Crippen LogP contribution in [0, 0.1) is 50.2 Å². The summed E-state index contributed by atoms with van der Waals surface area (Å²) in [6.07, 6.45) is 13.4. The second-order valence-electron chi connectivity index (χ2n) is 15.5. The fourth-order valence-corrected chi connectivity index (χ4v) is 10.9. The zero-order valence-electron chi connectivity index (χ0n) is 23.7. The highest BCUT2D eigenvalue weighted by Gasteiger charge is 2.68. The summed E-state index contributed by atoms with van der Waals surface area (Å²) in [5.74, 6) is 1.50. The van der Waals surface area contributed by atoms with Gasteiger partial charge in [0.1, 0.15) is 0 Å². The van der Waals surface area contributed by atoms with Crippen molar-refractivity contribution in [2.75, 3.05) is 7.05 Å². The molecule has 4 nitrogen and oxygen atoms in total. The number of rotatable bonds is 1. The topological polar surface area (TPSA) is 60.8 Å². The zero-order chi connectivity index (χ0) is 25.8. The van der Waals surface area contributed by atoms with Gasteiger partial charge in [0.25, 0.3) is 5.91 Å². The van der Waals surface area contributed by atoms with Crippen LogP contribution in [0.5, 0.6) is 0 Å². The summed E-state index contributed by atoms with van der Waals surface area (Å²) in [5, 5.41) is 21.8. The van der Waals surface area contributed by atoms with Crippen LogP contribution in [0.3, 0.4) is 0 Å². The van der Waals surface area contributed by atoms with Gasteiger partial charge in [0.15, 0.2) is 0 Å². The highest BCUT2D eigenvalue weighted by atomic mass is 16.5. The van der Waals surface area contributed by atoms with Crippen LogP contribution in [0.2, 0.25) is 0 Å². The van der Waals surface area contributed by atoms with E-state index in [-0.39, 0.29) is 39.1 Å². The molecule has 0 aromatic heterocycles. The average Bonchev–Trinajstić information content (AvgIpc) is 2.78. The lowest BCUT2D eigenvalue weighted by molar-refractivity contribution is -0.204. The molecule has 2 N–H and O–H groups in total. The van der Waals surface area contributed by atoms with E-state index in [9.17, 15) is 15.1 Å². The van der Waals surface area contributed by atoms with E-state index in [1.54, 1.807) is 5.57 Å². The molecule has 4 saturated carbocycles. The van der Waals surface area contributed by atoms with E-state index in [4.69, 9.17) is 0 Å². The second-order valence-corrected chi connectivity index (χ2v) is 15.5. The van der Waals surface area contributed by atoms with Gasteiger partial charge in [0.05, 0.1) is 6.10 Å². The molecule has 0 aromatic carbocycles. The lowest BCUT2D eigenvalue weighted by atomic mass is 9.33. The van der Waals surface area contributed by atoms with Gasteiger partial charge in [-0.15, -0.1) is 0 Å². The number of aliphatic hydroxyl groups is 1. The van der Waals surface area contributed by atoms with Gasteiger partial charge < -0.3 is 5.11 Å². The maximum atomic E-state index is 13.1. The third-order valence-corrected chi connectivity index (χ3v) is 13.6. The number of fused-ring (bicyclic) bond motifs is 7. The monoisotopic (exact) mass is 485 g/mol. The first-order valence-corrected chi connectivity index (χ1v) is 14.4. The fraction of sp³-hybridized carbons (Fsp3) is 0.903. The number of carbonyl (C=O) groups is 1. The van der Waals surface area contributed by atoms with Crippen molar-refractivity contribution in [1.82, 2.24) is 5.06 Å². The third kappa shape index (κ3) is 3.20. The van der Waals surface area contributed by atoms with E-state index in [2.05, 4.69) is 54.5 Å². The standard InChI is InChI=1S/C31H51NO3/c1-26(2)22-11-14-31(7)23(29(22,5)13-12-24(26)33)10-9-20-21-19-28(4,25(34)32(8)35)16-15-27(21,3)17-18-30(20,31)6/h9,21-24,33,35H,10-19H2,1-8H3/t21-,22?,23+,24-,27+,28-,29-,30+,31+/m0/s1. The first-order valence-electron chi connectivity index (χ1n) is 14.4. The smallest absolute Gasteiger partial charge is 0.251 e. The number of hydrogen-bond acceptors (Lipinski definition) is 3. The molecule has 5 rings (SSSR count). The molecule has 35 heavy (non-hydrogen) atoms. The minimum atomic E-state index is -0.488. The Hall–Kier alpha value is -0.870. The summed E-state index contributed by atoms with van der Waals surface area (Å²) >= 11 is 0. The Morgan fingerprint density at radius 3 is 2.23 bits per heavy atom. The molecule has 0 bridgehead atoms. The van der Waals surface area contributed by atoms with Gasteiger partial charge in [0.2, 0.25) is 0 Å². The molecule has 0 spiro atoms. The maximum Gasteiger partial charge on any atom is 0.251 e. The average molecular weight is 486 g/mol. The number of hydrogen-bond donors (Lipinski definition) is 2. The van der Waals surface area contributed by atoms with Crippen molar-refractivity contribution in [2.24, 2.45) is 50.2 Å². The number of amides is 1. The van der Waals surface area contributed by atoms with Crippen molar-refractivity contribution < 1.29 is 15.1 Å². The molecular formula is C31H51NO3. The Morgan fingerprint density at radius 2 is 1.57 bits per heavy atom. The Labute approximate surface area is 213 Å². The Balaban J connectivity index is 1.55. The Morgan fingerprint density at radius 1 is 0.914 bits per heavy atom. The fourth-order valence-electron chi connectivity index (χ4n) is 10.9. The minimum Gasteiger partial charge on any atom is -0.393 e. The minimum absolute atomic E-state index is 0.0216. The van der Waals surface area contributed by atoms with Crippen LogP contribution >= 0.6 is 0 Å². The highest BCUT2D eigenvalue weighted by Crippen LogP contribution is 2.75. The van der Waals surface area contributed by atoms with E-state index in [0.717, 1.165) is 43.6 Å². The zero-order valence-corrected chi connectivity index (χ0v) is 23.7. The quantitative estimate of drug-likeness (QED) is 0.239. The number of hydroxylamine groups is 2. The van der Waals surface area contributed by atoms with Gasteiger partial charge in [-0.25, -0.2) is 5.06 Å². The predicted octanol–water partition coefficient (Wildman–Crippen LogP) is 7.00. The summed E-state index contributed by atoms with van der Waals surface area (Å²) in [6, 6.07) is 0. The number of carbonyl (C=O) groups excluding carboxylic acids is 1. The van der Waals surface area contributed by atoms with Gasteiger partial charge >= 0.3 is 0 Å². The van der Waals surface area contributed by atoms with E-state index in [1.165, 1.54) is 32.7 Å². The summed E-state index contributed by atoms with van der Waals surface area (Å²) in [4.78, 5) is 13.1. The van der Waals surface area contributed by atoms with E-state index >= 15 is 0 Å². The van der Waals surface area contributed by atoms with Crippen LogP contribution in [-0.2, 0) is 4.79 Å². The summed E-state index contributed by atoms with van der Waals surface area (Å²) in [5.41, 5.74) is 2.04. The largest absolute Gasteiger partial charge is 0.393 e. The Bertz CT molecular complexity index is 940. The number of allylic oxidation sites excluding steroid dienone is 2. The molecule has 0 saturated heterocycles. The first kappa shape index (κ1) is 25.8. The first-order chi connectivity index (χ1) is 16.1. The lowest BCUT2D eigenvalue weighted by Crippen LogP contribution is -2.64. The molecular weight excluding hydrogens is 434 g/mol. The molecule has 198 valence electrons. The number of aliphatic hydroxyl groups excluding tert-OH is 1. The molecule has 5 aliphatic carbocycles. The SMILES string of the molecule is CN(O)C(=O)[C@@]1(C)CC[C@]2(C)CC[C@]3(C)C(=CC[C@@H]4[C@@]5(C)CC[C@H](O)C(C)(C)C5CC[C@]43C)[C@@H]2C1. The van der Waals surface area contributed by atoms with Crippen LogP contribution < -0.4 is 0 Å². The highest BCUT2D eigenvalue weighted by molar-refractivity contribution is 5.81. The van der Waals surface area contributed by atoms with Gasteiger partial charge in [-0.1, -0.05) is 60.1 Å². The van der Waals surface area contributed by atoms with E-state index < -0.39 is 5.41 Å². The van der Waals surface area contributed by atoms with E-state index in [1.807, 2.05) is 0 Å². The van der Waals surface area contributed by atoms with Gasteiger partial charge in [-0.3, -0.25) is 10.0 Å². The molecule has 0 aromatic rings. The molecule has 1 unspecified atom stereocenters. The summed E-state index contributed by atoms with van der Waals surface area (Å²) in [7, 11) is 1.49. The molecule has 0 aliphatic heterocycles. The van der Waals surface area contributed by atoms with Gasteiger partial charge in [-0.05, 0) is 109 Å². The van der Waals surface area contributed by atoms with Crippen LogP contribution in [0.15, 0.2) is 11.6 Å². The molecule has 1 amide bonds. The molecule has 4 heteroatoms. The number of nitrogens with zero attached hydrogens (tertiary/aromatic N) is 1. The van der Waals surface area contributed by atoms with Crippen LogP contribution in [-0.4, -0.2) is 34.4 Å². The van der Waals surface area contributed by atoms with Crippen LogP contribution in [0.1, 0.15) is 113 Å². The lowest BCUT2D eigenvalue weighted by Gasteiger charge is -2.71. The molecule has 5 aliphatic rings.